The lowest BCUT2D eigenvalue weighted by molar-refractivity contribution is 0.0516. The van der Waals surface area contributed by atoms with E-state index in [0.29, 0.717) is 5.92 Å². The minimum Gasteiger partial charge on any atom is -0.392 e. The fraction of sp³-hybridized carbons (Fsp3) is 0.818. The van der Waals surface area contributed by atoms with Crippen molar-refractivity contribution in [3.05, 3.63) is 0 Å². The van der Waals surface area contributed by atoms with Gasteiger partial charge in [-0.2, -0.15) is 0 Å². The van der Waals surface area contributed by atoms with E-state index in [1.54, 1.807) is 6.92 Å². The number of hydrogen-bond donors (Lipinski definition) is 2. The molecule has 1 unspecified atom stereocenters. The molecule has 2 nitrogen and oxygen atoms in total. The zero-order valence-electron chi connectivity index (χ0n) is 8.21. The first-order valence-electron chi connectivity index (χ1n) is 5.00. The molecule has 1 fully saturated rings. The molecule has 1 rings (SSSR count). The third kappa shape index (κ3) is 3.80. The first-order valence-corrected chi connectivity index (χ1v) is 5.00. The molecule has 74 valence electrons. The molecule has 0 heterocycles. The summed E-state index contributed by atoms with van der Waals surface area (Å²) in [4.78, 5) is 0. The molecule has 0 bridgehead atoms. The second kappa shape index (κ2) is 4.64. The molecule has 0 spiro atoms. The van der Waals surface area contributed by atoms with Crippen LogP contribution in [0.15, 0.2) is 0 Å². The molecule has 1 saturated carbocycles. The Hall–Kier alpha value is -0.520. The Balaban J connectivity index is 2.44. The van der Waals surface area contributed by atoms with Crippen molar-refractivity contribution in [3.8, 4) is 11.8 Å². The van der Waals surface area contributed by atoms with Gasteiger partial charge in [0.2, 0.25) is 0 Å². The van der Waals surface area contributed by atoms with Gasteiger partial charge in [0.1, 0.15) is 5.60 Å². The Bertz CT molecular complexity index is 204. The molecule has 0 amide bonds. The summed E-state index contributed by atoms with van der Waals surface area (Å²) in [5.74, 6) is 6.22. The SMILES string of the molecule is CC(O)(C#CC1CCCCC1)CO. The van der Waals surface area contributed by atoms with Gasteiger partial charge in [0.05, 0.1) is 6.61 Å². The highest BCUT2D eigenvalue weighted by Crippen LogP contribution is 2.22. The van der Waals surface area contributed by atoms with Crippen LogP contribution in [0.4, 0.5) is 0 Å². The molecule has 0 aliphatic heterocycles. The summed E-state index contributed by atoms with van der Waals surface area (Å²) < 4.78 is 0. The van der Waals surface area contributed by atoms with Crippen molar-refractivity contribution >= 4 is 0 Å². The van der Waals surface area contributed by atoms with Crippen LogP contribution < -0.4 is 0 Å². The molecule has 0 aromatic carbocycles. The molecule has 0 saturated heterocycles. The molecular formula is C11H18O2. The molecule has 0 aromatic heterocycles. The van der Waals surface area contributed by atoms with Crippen molar-refractivity contribution in [1.29, 1.82) is 0 Å². The third-order valence-corrected chi connectivity index (χ3v) is 2.46. The maximum absolute atomic E-state index is 9.43. The second-order valence-electron chi connectivity index (χ2n) is 4.04. The first kappa shape index (κ1) is 10.6. The summed E-state index contributed by atoms with van der Waals surface area (Å²) in [5.41, 5.74) is -1.21. The smallest absolute Gasteiger partial charge is 0.145 e. The number of aliphatic hydroxyl groups excluding tert-OH is 1. The first-order chi connectivity index (χ1) is 6.14. The van der Waals surface area contributed by atoms with Gasteiger partial charge in [0.25, 0.3) is 0 Å². The standard InChI is InChI=1S/C11H18O2/c1-11(13,9-12)8-7-10-5-3-2-4-6-10/h10,12-13H,2-6,9H2,1H3. The largest absolute Gasteiger partial charge is 0.392 e. The second-order valence-corrected chi connectivity index (χ2v) is 4.04. The number of hydrogen-bond acceptors (Lipinski definition) is 2. The monoisotopic (exact) mass is 182 g/mol. The molecule has 1 aliphatic rings. The van der Waals surface area contributed by atoms with E-state index in [-0.39, 0.29) is 6.61 Å². The summed E-state index contributed by atoms with van der Waals surface area (Å²) >= 11 is 0. The van der Waals surface area contributed by atoms with E-state index in [4.69, 9.17) is 5.11 Å². The average molecular weight is 182 g/mol. The van der Waals surface area contributed by atoms with Crippen molar-refractivity contribution in [1.82, 2.24) is 0 Å². The van der Waals surface area contributed by atoms with E-state index in [0.717, 1.165) is 12.8 Å². The Kier molecular flexibility index (Phi) is 3.77. The van der Waals surface area contributed by atoms with E-state index < -0.39 is 5.60 Å². The van der Waals surface area contributed by atoms with E-state index in [9.17, 15) is 5.11 Å². The normalized spacial score (nSPS) is 23.0. The van der Waals surface area contributed by atoms with Crippen LogP contribution >= 0.6 is 0 Å². The lowest BCUT2D eigenvalue weighted by Gasteiger charge is -2.17. The van der Waals surface area contributed by atoms with E-state index in [2.05, 4.69) is 11.8 Å². The molecular weight excluding hydrogens is 164 g/mol. The Morgan fingerprint density at radius 2 is 1.92 bits per heavy atom. The van der Waals surface area contributed by atoms with Crippen molar-refractivity contribution in [3.63, 3.8) is 0 Å². The highest BCUT2D eigenvalue weighted by atomic mass is 16.3. The summed E-state index contributed by atoms with van der Waals surface area (Å²) in [6, 6.07) is 0. The van der Waals surface area contributed by atoms with Gasteiger partial charge in [0.15, 0.2) is 0 Å². The van der Waals surface area contributed by atoms with Gasteiger partial charge in [-0.3, -0.25) is 0 Å². The highest BCUT2D eigenvalue weighted by Gasteiger charge is 2.16. The van der Waals surface area contributed by atoms with Gasteiger partial charge in [-0.1, -0.05) is 31.1 Å². The average Bonchev–Trinajstić information content (AvgIpc) is 2.17. The van der Waals surface area contributed by atoms with Crippen molar-refractivity contribution in [2.75, 3.05) is 6.61 Å². The fourth-order valence-electron chi connectivity index (χ4n) is 1.54. The Morgan fingerprint density at radius 3 is 2.46 bits per heavy atom. The number of aliphatic hydroxyl groups is 2. The molecule has 0 aromatic rings. The molecule has 13 heavy (non-hydrogen) atoms. The number of rotatable bonds is 1. The maximum atomic E-state index is 9.43. The molecule has 1 aliphatic carbocycles. The van der Waals surface area contributed by atoms with Crippen LogP contribution in [0.3, 0.4) is 0 Å². The molecule has 2 heteroatoms. The van der Waals surface area contributed by atoms with Gasteiger partial charge in [-0.15, -0.1) is 0 Å². The van der Waals surface area contributed by atoms with Crippen LogP contribution in [-0.2, 0) is 0 Å². The predicted molar refractivity (Wildman–Crippen MR) is 52.1 cm³/mol. The van der Waals surface area contributed by atoms with Gasteiger partial charge >= 0.3 is 0 Å². The van der Waals surface area contributed by atoms with Gasteiger partial charge in [0, 0.05) is 5.92 Å². The van der Waals surface area contributed by atoms with Crippen LogP contribution in [0, 0.1) is 17.8 Å². The van der Waals surface area contributed by atoms with Crippen LogP contribution in [-0.4, -0.2) is 22.4 Å². The lowest BCUT2D eigenvalue weighted by Crippen LogP contribution is -2.26. The zero-order chi connectivity index (χ0) is 9.73. The van der Waals surface area contributed by atoms with E-state index in [1.807, 2.05) is 0 Å². The molecule has 2 N–H and O–H groups in total. The van der Waals surface area contributed by atoms with Gasteiger partial charge in [-0.05, 0) is 19.8 Å². The summed E-state index contributed by atoms with van der Waals surface area (Å²) in [6.07, 6.45) is 6.11. The topological polar surface area (TPSA) is 40.5 Å². The summed E-state index contributed by atoms with van der Waals surface area (Å²) in [7, 11) is 0. The van der Waals surface area contributed by atoms with Crippen LogP contribution in [0.25, 0.3) is 0 Å². The quantitative estimate of drug-likeness (QED) is 0.600. The minimum absolute atomic E-state index is 0.285. The van der Waals surface area contributed by atoms with Crippen molar-refractivity contribution < 1.29 is 10.2 Å². The van der Waals surface area contributed by atoms with Crippen molar-refractivity contribution in [2.45, 2.75) is 44.6 Å². The van der Waals surface area contributed by atoms with Gasteiger partial charge in [-0.25, -0.2) is 0 Å². The summed E-state index contributed by atoms with van der Waals surface area (Å²) in [5, 5.41) is 18.2. The summed E-state index contributed by atoms with van der Waals surface area (Å²) in [6.45, 7) is 1.26. The van der Waals surface area contributed by atoms with Crippen LogP contribution in [0.2, 0.25) is 0 Å². The van der Waals surface area contributed by atoms with Crippen molar-refractivity contribution in [2.24, 2.45) is 5.92 Å². The minimum atomic E-state index is -1.21. The predicted octanol–water partition coefficient (Wildman–Crippen LogP) is 1.31. The maximum Gasteiger partial charge on any atom is 0.145 e. The molecule has 1 atom stereocenters. The Labute approximate surface area is 80.0 Å². The van der Waals surface area contributed by atoms with E-state index >= 15 is 0 Å². The zero-order valence-corrected chi connectivity index (χ0v) is 8.21. The van der Waals surface area contributed by atoms with Gasteiger partial charge < -0.3 is 10.2 Å². The third-order valence-electron chi connectivity index (χ3n) is 2.46. The van der Waals surface area contributed by atoms with Crippen LogP contribution in [0.1, 0.15) is 39.0 Å². The fourth-order valence-corrected chi connectivity index (χ4v) is 1.54. The highest BCUT2D eigenvalue weighted by molar-refractivity contribution is 5.14. The molecule has 0 radical (unpaired) electrons. The Morgan fingerprint density at radius 1 is 1.31 bits per heavy atom. The van der Waals surface area contributed by atoms with E-state index in [1.165, 1.54) is 19.3 Å². The lowest BCUT2D eigenvalue weighted by atomic mass is 9.89. The van der Waals surface area contributed by atoms with Crippen LogP contribution in [0.5, 0.6) is 0 Å².